The molecule has 2 aromatic rings. The van der Waals surface area contributed by atoms with Crippen LogP contribution in [0.4, 0.5) is 0 Å². The number of pyridine rings is 1. The molecule has 0 bridgehead atoms. The summed E-state index contributed by atoms with van der Waals surface area (Å²) < 4.78 is 5.21. The van der Waals surface area contributed by atoms with Gasteiger partial charge in [-0.3, -0.25) is 0 Å². The summed E-state index contributed by atoms with van der Waals surface area (Å²) in [6.45, 7) is 0.849. The highest BCUT2D eigenvalue weighted by Gasteiger charge is 2.27. The second-order valence-electron chi connectivity index (χ2n) is 2.97. The Morgan fingerprint density at radius 1 is 1.58 bits per heavy atom. The van der Waals surface area contributed by atoms with Crippen molar-refractivity contribution in [3.8, 4) is 0 Å². The first-order chi connectivity index (χ1) is 5.95. The maximum Gasteiger partial charge on any atom is 0.137 e. The largest absolute Gasteiger partial charge is 0.368 e. The van der Waals surface area contributed by atoms with Gasteiger partial charge in [0.1, 0.15) is 11.8 Å². The van der Waals surface area contributed by atoms with Crippen LogP contribution < -0.4 is 0 Å². The molecule has 0 aliphatic carbocycles. The van der Waals surface area contributed by atoms with Crippen LogP contribution >= 0.6 is 0 Å². The van der Waals surface area contributed by atoms with Gasteiger partial charge in [-0.25, -0.2) is 4.98 Å². The Morgan fingerprint density at radius 2 is 2.50 bits per heavy atom. The number of ether oxygens (including phenoxy) is 1. The van der Waals surface area contributed by atoms with Crippen LogP contribution in [0.3, 0.4) is 0 Å². The van der Waals surface area contributed by atoms with E-state index in [9.17, 15) is 0 Å². The van der Waals surface area contributed by atoms with E-state index in [1.165, 1.54) is 10.9 Å². The van der Waals surface area contributed by atoms with E-state index in [0.29, 0.717) is 6.10 Å². The summed E-state index contributed by atoms with van der Waals surface area (Å²) in [5.74, 6) is 0. The molecule has 1 fully saturated rings. The normalized spacial score (nSPS) is 21.5. The predicted octanol–water partition coefficient (Wildman–Crippen LogP) is 1.63. The van der Waals surface area contributed by atoms with E-state index in [1.807, 2.05) is 12.3 Å². The lowest BCUT2D eigenvalue weighted by Gasteiger charge is -1.89. The molecule has 1 saturated heterocycles. The highest BCUT2D eigenvalue weighted by molar-refractivity contribution is 5.80. The van der Waals surface area contributed by atoms with Gasteiger partial charge in [-0.2, -0.15) is 0 Å². The number of fused-ring (bicyclic) bond motifs is 1. The summed E-state index contributed by atoms with van der Waals surface area (Å²) in [5.41, 5.74) is 2.18. The molecule has 2 aromatic heterocycles. The molecule has 1 aliphatic heterocycles. The molecular formula is C9H8N2O. The minimum atomic E-state index is 0.308. The van der Waals surface area contributed by atoms with Crippen LogP contribution in [0.2, 0.25) is 0 Å². The monoisotopic (exact) mass is 160 g/mol. The summed E-state index contributed by atoms with van der Waals surface area (Å²) in [5, 5.41) is 1.18. The van der Waals surface area contributed by atoms with Gasteiger partial charge in [0.05, 0.1) is 6.61 Å². The number of rotatable bonds is 1. The van der Waals surface area contributed by atoms with Crippen LogP contribution in [0.1, 0.15) is 11.7 Å². The highest BCUT2D eigenvalue weighted by atomic mass is 16.6. The van der Waals surface area contributed by atoms with Gasteiger partial charge in [-0.1, -0.05) is 0 Å². The topological polar surface area (TPSA) is 41.2 Å². The van der Waals surface area contributed by atoms with Crippen LogP contribution in [0.5, 0.6) is 0 Å². The Morgan fingerprint density at radius 3 is 3.33 bits per heavy atom. The minimum Gasteiger partial charge on any atom is -0.368 e. The molecule has 3 heterocycles. The van der Waals surface area contributed by atoms with Gasteiger partial charge in [0, 0.05) is 23.3 Å². The van der Waals surface area contributed by atoms with Gasteiger partial charge in [-0.15, -0.1) is 0 Å². The van der Waals surface area contributed by atoms with Crippen LogP contribution in [0.15, 0.2) is 24.5 Å². The Balaban J connectivity index is 2.30. The summed E-state index contributed by atoms with van der Waals surface area (Å²) in [7, 11) is 0. The first-order valence-electron chi connectivity index (χ1n) is 3.99. The lowest BCUT2D eigenvalue weighted by atomic mass is 10.2. The van der Waals surface area contributed by atoms with Gasteiger partial charge in [-0.05, 0) is 12.1 Å². The van der Waals surface area contributed by atoms with Crippen molar-refractivity contribution in [1.82, 2.24) is 9.97 Å². The van der Waals surface area contributed by atoms with Crippen molar-refractivity contribution in [3.63, 3.8) is 0 Å². The van der Waals surface area contributed by atoms with Crippen molar-refractivity contribution in [3.05, 3.63) is 30.1 Å². The summed E-state index contributed by atoms with van der Waals surface area (Å²) in [6.07, 6.45) is 4.08. The third-order valence-corrected chi connectivity index (χ3v) is 2.16. The minimum absolute atomic E-state index is 0.308. The second kappa shape index (κ2) is 2.08. The van der Waals surface area contributed by atoms with Gasteiger partial charge in [0.25, 0.3) is 0 Å². The highest BCUT2D eigenvalue weighted by Crippen LogP contribution is 2.33. The number of hydrogen-bond donors (Lipinski definition) is 1. The van der Waals surface area contributed by atoms with Crippen molar-refractivity contribution < 1.29 is 4.74 Å². The fourth-order valence-electron chi connectivity index (χ4n) is 1.47. The van der Waals surface area contributed by atoms with Crippen LogP contribution in [-0.2, 0) is 4.74 Å². The molecule has 3 nitrogen and oxygen atoms in total. The average Bonchev–Trinajstić information content (AvgIpc) is 2.86. The average molecular weight is 160 g/mol. The molecule has 3 rings (SSSR count). The molecule has 1 atom stereocenters. The maximum atomic E-state index is 5.21. The van der Waals surface area contributed by atoms with Crippen LogP contribution in [-0.4, -0.2) is 16.6 Å². The Hall–Kier alpha value is -1.35. The summed E-state index contributed by atoms with van der Waals surface area (Å²) in [4.78, 5) is 7.32. The Labute approximate surface area is 69.4 Å². The number of H-pyrrole nitrogens is 1. The predicted molar refractivity (Wildman–Crippen MR) is 44.8 cm³/mol. The first-order valence-corrected chi connectivity index (χ1v) is 3.99. The van der Waals surface area contributed by atoms with E-state index in [0.717, 1.165) is 12.3 Å². The van der Waals surface area contributed by atoms with Crippen molar-refractivity contribution in [1.29, 1.82) is 0 Å². The van der Waals surface area contributed by atoms with E-state index in [1.54, 1.807) is 6.20 Å². The molecular weight excluding hydrogens is 152 g/mol. The van der Waals surface area contributed by atoms with E-state index in [-0.39, 0.29) is 0 Å². The number of nitrogens with one attached hydrogen (secondary N) is 1. The zero-order valence-corrected chi connectivity index (χ0v) is 6.45. The standard InChI is InChI=1S/C9H8N2O/c1-2-6-7(8-5-12-8)4-11-9(6)10-3-1/h1-4,8H,5H2,(H,10,11). The molecule has 1 aliphatic rings. The van der Waals surface area contributed by atoms with Gasteiger partial charge < -0.3 is 9.72 Å². The van der Waals surface area contributed by atoms with E-state index >= 15 is 0 Å². The zero-order valence-electron chi connectivity index (χ0n) is 6.45. The van der Waals surface area contributed by atoms with Crippen LogP contribution in [0, 0.1) is 0 Å². The Bertz CT molecular complexity index is 417. The van der Waals surface area contributed by atoms with E-state index in [4.69, 9.17) is 4.74 Å². The molecule has 0 radical (unpaired) electrons. The molecule has 1 unspecified atom stereocenters. The summed E-state index contributed by atoms with van der Waals surface area (Å²) in [6, 6.07) is 4.01. The fourth-order valence-corrected chi connectivity index (χ4v) is 1.47. The quantitative estimate of drug-likeness (QED) is 0.644. The molecule has 60 valence electrons. The molecule has 1 N–H and O–H groups in total. The van der Waals surface area contributed by atoms with Crippen molar-refractivity contribution in [2.24, 2.45) is 0 Å². The molecule has 0 aromatic carbocycles. The van der Waals surface area contributed by atoms with E-state index in [2.05, 4.69) is 16.0 Å². The maximum absolute atomic E-state index is 5.21. The van der Waals surface area contributed by atoms with Gasteiger partial charge in [0.15, 0.2) is 0 Å². The third kappa shape index (κ3) is 0.769. The van der Waals surface area contributed by atoms with Gasteiger partial charge in [0.2, 0.25) is 0 Å². The molecule has 0 saturated carbocycles. The van der Waals surface area contributed by atoms with Crippen molar-refractivity contribution in [2.75, 3.05) is 6.61 Å². The molecule has 3 heteroatoms. The molecule has 0 spiro atoms. The summed E-state index contributed by atoms with van der Waals surface area (Å²) >= 11 is 0. The lowest BCUT2D eigenvalue weighted by molar-refractivity contribution is 0.417. The zero-order chi connectivity index (χ0) is 7.97. The number of hydrogen-bond acceptors (Lipinski definition) is 2. The van der Waals surface area contributed by atoms with Crippen LogP contribution in [0.25, 0.3) is 11.0 Å². The molecule has 12 heavy (non-hydrogen) atoms. The number of epoxide rings is 1. The number of aromatic amines is 1. The fraction of sp³-hybridized carbons (Fsp3) is 0.222. The number of aromatic nitrogens is 2. The van der Waals surface area contributed by atoms with E-state index < -0.39 is 0 Å². The van der Waals surface area contributed by atoms with Gasteiger partial charge >= 0.3 is 0 Å². The van der Waals surface area contributed by atoms with Crippen molar-refractivity contribution >= 4 is 11.0 Å². The molecule has 0 amide bonds. The number of nitrogens with zero attached hydrogens (tertiary/aromatic N) is 1. The van der Waals surface area contributed by atoms with Crippen molar-refractivity contribution in [2.45, 2.75) is 6.10 Å². The lowest BCUT2D eigenvalue weighted by Crippen LogP contribution is -1.76. The first kappa shape index (κ1) is 6.20. The SMILES string of the molecule is c1cnc2[nH]cc(C3CO3)c2c1. The smallest absolute Gasteiger partial charge is 0.137 e. The Kier molecular flexibility index (Phi) is 1.07. The third-order valence-electron chi connectivity index (χ3n) is 2.16. The second-order valence-corrected chi connectivity index (χ2v) is 2.97.